The fraction of sp³-hybridized carbons (Fsp3) is 0.622. The molecule has 0 unspecified atom stereocenters. The Balaban J connectivity index is 1.27. The number of carbonyl (C=O) groups is 2. The van der Waals surface area contributed by atoms with Gasteiger partial charge in [0.1, 0.15) is 11.6 Å². The number of amides is 2. The number of alkyl halides is 1. The molecule has 262 valence electrons. The van der Waals surface area contributed by atoms with Crippen LogP contribution in [0.5, 0.6) is 5.75 Å². The molecule has 2 N–H and O–H groups in total. The zero-order valence-corrected chi connectivity index (χ0v) is 28.4. The standard InChI is InChI=1S/C37H50F2N4O5/c1-46-22-26-19-42(20-32(26)31-13-6-27(38)18-34(31)41-16-14-25(15-17-41)35(40)44)36(45)37(39)23-43(28-7-11-30(48-3)12-8-28)21-33(37)24-4-9-29(47-2)10-5-24/h4-6,9-10,13,18,25-26,28,30,32-33H,7-8,11-12,14-17,19-23H2,1-3H3,(H2,40,44)/t26-,28-,30-,32+,33+,37+/m1/s1. The van der Waals surface area contributed by atoms with Gasteiger partial charge in [0.2, 0.25) is 11.6 Å². The van der Waals surface area contributed by atoms with E-state index in [0.717, 1.165) is 42.5 Å². The molecule has 0 aromatic heterocycles. The number of benzene rings is 2. The van der Waals surface area contributed by atoms with Crippen LogP contribution in [-0.2, 0) is 19.1 Å². The minimum Gasteiger partial charge on any atom is -0.497 e. The highest BCUT2D eigenvalue weighted by Crippen LogP contribution is 2.46. The molecule has 2 aromatic rings. The lowest BCUT2D eigenvalue weighted by Crippen LogP contribution is -2.50. The first-order valence-corrected chi connectivity index (χ1v) is 17.4. The molecule has 0 bridgehead atoms. The molecule has 4 fully saturated rings. The number of anilines is 1. The molecule has 3 heterocycles. The van der Waals surface area contributed by atoms with Crippen molar-refractivity contribution in [3.05, 3.63) is 59.4 Å². The van der Waals surface area contributed by atoms with E-state index < -0.39 is 17.5 Å². The molecular weight excluding hydrogens is 618 g/mol. The fourth-order valence-corrected chi connectivity index (χ4v) is 8.74. The maximum Gasteiger partial charge on any atom is 0.262 e. The molecule has 1 saturated carbocycles. The summed E-state index contributed by atoms with van der Waals surface area (Å²) >= 11 is 0. The van der Waals surface area contributed by atoms with Crippen molar-refractivity contribution in [3.8, 4) is 5.75 Å². The van der Waals surface area contributed by atoms with Gasteiger partial charge in [0.25, 0.3) is 5.91 Å². The topological polar surface area (TPSA) is 97.6 Å². The van der Waals surface area contributed by atoms with Crippen LogP contribution in [0.1, 0.15) is 61.5 Å². The number of piperidine rings is 1. The predicted molar refractivity (Wildman–Crippen MR) is 179 cm³/mol. The van der Waals surface area contributed by atoms with Crippen LogP contribution in [0.15, 0.2) is 42.5 Å². The van der Waals surface area contributed by atoms with Gasteiger partial charge in [-0.2, -0.15) is 0 Å². The largest absolute Gasteiger partial charge is 0.497 e. The van der Waals surface area contributed by atoms with Gasteiger partial charge >= 0.3 is 0 Å². The number of halogens is 2. The fourth-order valence-electron chi connectivity index (χ4n) is 8.74. The molecule has 48 heavy (non-hydrogen) atoms. The molecule has 2 amide bonds. The average Bonchev–Trinajstić information content (AvgIpc) is 3.70. The molecule has 11 heteroatoms. The van der Waals surface area contributed by atoms with Gasteiger partial charge in [-0.3, -0.25) is 14.5 Å². The second-order valence-electron chi connectivity index (χ2n) is 14.2. The Morgan fingerprint density at radius 1 is 0.938 bits per heavy atom. The van der Waals surface area contributed by atoms with Gasteiger partial charge in [-0.15, -0.1) is 0 Å². The summed E-state index contributed by atoms with van der Waals surface area (Å²) in [5.41, 5.74) is 5.89. The summed E-state index contributed by atoms with van der Waals surface area (Å²) in [6, 6.07) is 12.4. The Labute approximate surface area is 282 Å². The quantitative estimate of drug-likeness (QED) is 0.399. The van der Waals surface area contributed by atoms with E-state index >= 15 is 4.39 Å². The van der Waals surface area contributed by atoms with Crippen molar-refractivity contribution in [2.45, 2.75) is 68.2 Å². The summed E-state index contributed by atoms with van der Waals surface area (Å²) in [6.45, 7) is 2.68. The van der Waals surface area contributed by atoms with Crippen LogP contribution < -0.4 is 15.4 Å². The number of ether oxygens (including phenoxy) is 3. The average molecular weight is 669 g/mol. The van der Waals surface area contributed by atoms with Crippen molar-refractivity contribution < 1.29 is 32.6 Å². The Bertz CT molecular complexity index is 1430. The number of primary amides is 1. The number of carbonyl (C=O) groups excluding carboxylic acids is 2. The summed E-state index contributed by atoms with van der Waals surface area (Å²) in [4.78, 5) is 32.4. The van der Waals surface area contributed by atoms with E-state index in [1.54, 1.807) is 32.3 Å². The number of nitrogens with two attached hydrogens (primary N) is 1. The van der Waals surface area contributed by atoms with Gasteiger partial charge in [-0.1, -0.05) is 18.2 Å². The lowest BCUT2D eigenvalue weighted by Gasteiger charge is -2.35. The molecule has 0 spiro atoms. The molecule has 9 nitrogen and oxygen atoms in total. The van der Waals surface area contributed by atoms with Gasteiger partial charge in [-0.05, 0) is 73.9 Å². The summed E-state index contributed by atoms with van der Waals surface area (Å²) < 4.78 is 49.1. The van der Waals surface area contributed by atoms with Gasteiger partial charge in [-0.25, -0.2) is 8.78 Å². The van der Waals surface area contributed by atoms with Crippen LogP contribution in [0.25, 0.3) is 0 Å². The van der Waals surface area contributed by atoms with Crippen LogP contribution in [0.4, 0.5) is 14.5 Å². The third-order valence-corrected chi connectivity index (χ3v) is 11.5. The molecule has 3 saturated heterocycles. The van der Waals surface area contributed by atoms with Crippen LogP contribution in [0.3, 0.4) is 0 Å². The van der Waals surface area contributed by atoms with Gasteiger partial charge < -0.3 is 29.7 Å². The maximum atomic E-state index is 17.8. The molecule has 4 aliphatic rings. The number of rotatable bonds is 10. The second kappa shape index (κ2) is 14.7. The van der Waals surface area contributed by atoms with Crippen LogP contribution >= 0.6 is 0 Å². The zero-order valence-electron chi connectivity index (χ0n) is 28.4. The smallest absolute Gasteiger partial charge is 0.262 e. The minimum atomic E-state index is -2.12. The highest BCUT2D eigenvalue weighted by molar-refractivity contribution is 5.88. The summed E-state index contributed by atoms with van der Waals surface area (Å²) in [7, 11) is 4.97. The highest BCUT2D eigenvalue weighted by atomic mass is 19.1. The van der Waals surface area contributed by atoms with Crippen molar-refractivity contribution >= 4 is 17.5 Å². The monoisotopic (exact) mass is 668 g/mol. The first-order chi connectivity index (χ1) is 23.1. The van der Waals surface area contributed by atoms with E-state index in [1.807, 2.05) is 24.3 Å². The summed E-state index contributed by atoms with van der Waals surface area (Å²) in [6.07, 6.45) is 5.08. The normalized spacial score (nSPS) is 30.1. The van der Waals surface area contributed by atoms with Crippen molar-refractivity contribution in [1.82, 2.24) is 9.80 Å². The Hall–Kier alpha value is -3.28. The molecular formula is C37H50F2N4O5. The number of methoxy groups -OCH3 is 3. The first kappa shape index (κ1) is 34.6. The third-order valence-electron chi connectivity index (χ3n) is 11.5. The molecule has 2 aromatic carbocycles. The van der Waals surface area contributed by atoms with Gasteiger partial charge in [0.05, 0.1) is 19.8 Å². The van der Waals surface area contributed by atoms with Crippen molar-refractivity contribution in [2.24, 2.45) is 17.6 Å². The van der Waals surface area contributed by atoms with E-state index in [1.165, 1.54) is 12.1 Å². The van der Waals surface area contributed by atoms with Crippen molar-refractivity contribution in [2.75, 3.05) is 72.1 Å². The lowest BCUT2D eigenvalue weighted by atomic mass is 9.85. The van der Waals surface area contributed by atoms with E-state index in [2.05, 4.69) is 9.80 Å². The Morgan fingerprint density at radius 3 is 2.27 bits per heavy atom. The van der Waals surface area contributed by atoms with E-state index in [0.29, 0.717) is 57.9 Å². The summed E-state index contributed by atoms with van der Waals surface area (Å²) in [5, 5.41) is 0. The molecule has 3 aliphatic heterocycles. The second-order valence-corrected chi connectivity index (χ2v) is 14.2. The Kier molecular flexibility index (Phi) is 10.6. The Morgan fingerprint density at radius 2 is 1.65 bits per heavy atom. The van der Waals surface area contributed by atoms with Crippen LogP contribution in [0, 0.1) is 17.7 Å². The van der Waals surface area contributed by atoms with Crippen LogP contribution in [0.2, 0.25) is 0 Å². The highest BCUT2D eigenvalue weighted by Gasteiger charge is 2.57. The predicted octanol–water partition coefficient (Wildman–Crippen LogP) is 4.49. The SMILES string of the molecule is COC[C@H]1CN(C(=O)[C@]2(F)CN([C@H]3CC[C@H](OC)CC3)C[C@H]2c2ccc(OC)cc2)C[C@@H]1c1ccc(F)cc1N1CCC(C(N)=O)CC1. The van der Waals surface area contributed by atoms with Crippen molar-refractivity contribution in [1.29, 1.82) is 0 Å². The zero-order chi connectivity index (χ0) is 34.0. The lowest BCUT2D eigenvalue weighted by molar-refractivity contribution is -0.143. The number of nitrogens with zero attached hydrogens (tertiary/aromatic N) is 3. The number of hydrogen-bond acceptors (Lipinski definition) is 7. The molecule has 6 rings (SSSR count). The number of hydrogen-bond donors (Lipinski definition) is 1. The maximum absolute atomic E-state index is 17.8. The van der Waals surface area contributed by atoms with E-state index in [4.69, 9.17) is 19.9 Å². The van der Waals surface area contributed by atoms with E-state index in [-0.39, 0.29) is 48.2 Å². The first-order valence-electron chi connectivity index (χ1n) is 17.4. The molecule has 1 aliphatic carbocycles. The summed E-state index contributed by atoms with van der Waals surface area (Å²) in [5.74, 6) is -1.58. The third kappa shape index (κ3) is 6.91. The van der Waals surface area contributed by atoms with Crippen molar-refractivity contribution in [3.63, 3.8) is 0 Å². The molecule has 4 atom stereocenters. The number of likely N-dealkylation sites (tertiary alicyclic amines) is 2. The van der Waals surface area contributed by atoms with E-state index in [9.17, 15) is 14.0 Å². The minimum absolute atomic E-state index is 0.0392. The molecule has 0 radical (unpaired) electrons. The van der Waals surface area contributed by atoms with Gasteiger partial charge in [0, 0.05) is 88.9 Å². The van der Waals surface area contributed by atoms with Gasteiger partial charge in [0.15, 0.2) is 0 Å². The van der Waals surface area contributed by atoms with Crippen LogP contribution in [-0.4, -0.2) is 107 Å².